The van der Waals surface area contributed by atoms with E-state index in [1.54, 1.807) is 65.0 Å². The molecular weight excluding hydrogens is 784 g/mol. The van der Waals surface area contributed by atoms with Gasteiger partial charge in [0.1, 0.15) is 29.9 Å². The molecule has 19 nitrogen and oxygen atoms in total. The van der Waals surface area contributed by atoms with Gasteiger partial charge in [-0.25, -0.2) is 0 Å². The number of phenols is 1. The molecule has 0 heterocycles. The zero-order valence-electron chi connectivity index (χ0n) is 34.4. The average Bonchev–Trinajstić information content (AvgIpc) is 3.15. The van der Waals surface area contributed by atoms with Gasteiger partial charge in [0.25, 0.3) is 0 Å². The number of likely N-dealkylation sites (N-methyl/N-ethyl adjacent to an activating group) is 1. The molecule has 6 atom stereocenters. The largest absolute Gasteiger partial charge is 0.508 e. The van der Waals surface area contributed by atoms with Crippen LogP contribution in [0.15, 0.2) is 54.6 Å². The smallest absolute Gasteiger partial charge is 0.305 e. The molecule has 2 aromatic rings. The highest BCUT2D eigenvalue weighted by molar-refractivity contribution is 5.98. The number of rotatable bonds is 24. The monoisotopic (exact) mass is 840 g/mol. The third-order valence-corrected chi connectivity index (χ3v) is 9.27. The van der Waals surface area contributed by atoms with Gasteiger partial charge >= 0.3 is 17.9 Å². The first-order valence-electron chi connectivity index (χ1n) is 19.2. The van der Waals surface area contributed by atoms with Crippen molar-refractivity contribution in [3.05, 3.63) is 65.7 Å². The Morgan fingerprint density at radius 1 is 0.550 bits per heavy atom. The number of aromatic hydroxyl groups is 1. The molecule has 0 aliphatic rings. The number of carboxylic acid groups (broad SMARTS) is 3. The number of hydrogen-bond acceptors (Lipinski definition) is 11. The Kier molecular flexibility index (Phi) is 19.3. The van der Waals surface area contributed by atoms with Crippen molar-refractivity contribution >= 4 is 53.2 Å². The summed E-state index contributed by atoms with van der Waals surface area (Å²) in [6.45, 7) is 8.39. The number of amides is 5. The fourth-order valence-electron chi connectivity index (χ4n) is 5.96. The zero-order valence-corrected chi connectivity index (χ0v) is 34.4. The highest BCUT2D eigenvalue weighted by Gasteiger charge is 2.38. The van der Waals surface area contributed by atoms with E-state index in [1.165, 1.54) is 31.3 Å². The topological polar surface area (TPSA) is 307 Å². The van der Waals surface area contributed by atoms with E-state index >= 15 is 0 Å². The number of carbonyl (C=O) groups is 9. The quantitative estimate of drug-likeness (QED) is 0.0679. The minimum Gasteiger partial charge on any atom is -0.508 e. The van der Waals surface area contributed by atoms with Gasteiger partial charge in [-0.05, 0) is 42.1 Å². The first-order chi connectivity index (χ1) is 28.0. The number of carbonyl (C=O) groups excluding carboxylic acids is 6. The van der Waals surface area contributed by atoms with Gasteiger partial charge in [0, 0.05) is 25.2 Å². The van der Waals surface area contributed by atoms with E-state index in [0.717, 1.165) is 0 Å². The van der Waals surface area contributed by atoms with Gasteiger partial charge in [-0.15, -0.1) is 0 Å². The minimum absolute atomic E-state index is 0.108. The van der Waals surface area contributed by atoms with E-state index in [2.05, 4.69) is 31.9 Å². The summed E-state index contributed by atoms with van der Waals surface area (Å²) < 4.78 is 0. The maximum atomic E-state index is 14.2. The number of aliphatic carboxylic acids is 3. The molecule has 10 N–H and O–H groups in total. The van der Waals surface area contributed by atoms with Crippen molar-refractivity contribution in [3.63, 3.8) is 0 Å². The molecule has 0 bridgehead atoms. The van der Waals surface area contributed by atoms with Gasteiger partial charge in [-0.1, -0.05) is 77.1 Å². The molecule has 0 aliphatic heterocycles. The Hall–Kier alpha value is -6.37. The second kappa shape index (κ2) is 23.3. The number of hydrogen-bond donors (Lipinski definition) is 10. The van der Waals surface area contributed by atoms with Crippen molar-refractivity contribution in [1.29, 1.82) is 0 Å². The van der Waals surface area contributed by atoms with Crippen LogP contribution in [-0.2, 0) is 56.0 Å². The summed E-state index contributed by atoms with van der Waals surface area (Å²) in [6, 6.07) is 5.09. The van der Waals surface area contributed by atoms with E-state index in [-0.39, 0.29) is 30.8 Å². The highest BCUT2D eigenvalue weighted by atomic mass is 16.4. The Morgan fingerprint density at radius 3 is 1.35 bits per heavy atom. The van der Waals surface area contributed by atoms with Gasteiger partial charge in [0.2, 0.25) is 29.5 Å². The van der Waals surface area contributed by atoms with Crippen LogP contribution in [0.1, 0.15) is 71.4 Å². The van der Waals surface area contributed by atoms with Crippen LogP contribution in [0, 0.1) is 11.3 Å². The predicted octanol–water partition coefficient (Wildman–Crippen LogP) is 0.275. The lowest BCUT2D eigenvalue weighted by Crippen LogP contribution is -2.61. The normalized spacial score (nSPS) is 14.2. The Labute approximate surface area is 347 Å². The number of ketones is 1. The SMILES string of the molecule is CN[C@@H](CCC(=O)O)C(=O)N[C@@H](CC(=O)O)C(=O)N[C@@H](Cc1ccccc1)C(=O)N[C@@H](Cc1ccc(O)cc1)C(=O)N[C@@H](CC(=O)O)C(=O)NC(C(=O)C(C)C)C(C)(C)C. The standard InChI is InChI=1S/C41H56N6O13/c1-22(2)34(55)35(41(3,4)5)47-40(60)30(21-33(53)54)46-38(58)28(19-24-12-14-25(48)15-13-24)43-37(57)27(18-23-10-8-7-9-11-23)44-39(59)29(20-32(51)52)45-36(56)26(42-6)16-17-31(49)50/h7-15,22,26-30,35,42,48H,16-21H2,1-6H3,(H,43,57)(H,44,59)(H,45,56)(H,46,58)(H,47,60)(H,49,50)(H,51,52)(H,53,54)/t26-,27-,28-,29-,30-,35?/m0/s1. The highest BCUT2D eigenvalue weighted by Crippen LogP contribution is 2.23. The fraction of sp³-hybridized carbons (Fsp3) is 0.488. The lowest BCUT2D eigenvalue weighted by molar-refractivity contribution is -0.142. The molecule has 60 heavy (non-hydrogen) atoms. The van der Waals surface area contributed by atoms with Crippen molar-refractivity contribution in [3.8, 4) is 5.75 Å². The Balaban J connectivity index is 2.53. The van der Waals surface area contributed by atoms with Gasteiger partial charge in [-0.2, -0.15) is 0 Å². The predicted molar refractivity (Wildman–Crippen MR) is 215 cm³/mol. The van der Waals surface area contributed by atoms with Crippen LogP contribution in [0.3, 0.4) is 0 Å². The van der Waals surface area contributed by atoms with Gasteiger partial charge < -0.3 is 52.3 Å². The van der Waals surface area contributed by atoms with E-state index in [4.69, 9.17) is 5.11 Å². The van der Waals surface area contributed by atoms with Gasteiger partial charge in [-0.3, -0.25) is 43.2 Å². The van der Waals surface area contributed by atoms with E-state index in [1.807, 2.05) is 0 Å². The molecule has 19 heteroatoms. The zero-order chi connectivity index (χ0) is 45.3. The summed E-state index contributed by atoms with van der Waals surface area (Å²) in [5, 5.41) is 53.1. The molecular formula is C41H56N6O13. The van der Waals surface area contributed by atoms with Gasteiger partial charge in [0.05, 0.1) is 24.9 Å². The number of carboxylic acids is 3. The minimum atomic E-state index is -1.74. The molecule has 0 aromatic heterocycles. The summed E-state index contributed by atoms with van der Waals surface area (Å²) in [4.78, 5) is 116. The molecule has 2 rings (SSSR count). The molecule has 0 saturated carbocycles. The van der Waals surface area contributed by atoms with Crippen LogP contribution >= 0.6 is 0 Å². The molecule has 1 unspecified atom stereocenters. The molecule has 328 valence electrons. The summed E-state index contributed by atoms with van der Waals surface area (Å²) >= 11 is 0. The van der Waals surface area contributed by atoms with E-state index in [9.17, 15) is 58.5 Å². The number of benzene rings is 2. The van der Waals surface area contributed by atoms with Crippen LogP contribution in [-0.4, -0.2) is 117 Å². The van der Waals surface area contributed by atoms with E-state index < -0.39 is 114 Å². The van der Waals surface area contributed by atoms with E-state index in [0.29, 0.717) is 11.1 Å². The second-order valence-corrected chi connectivity index (χ2v) is 15.6. The van der Waals surface area contributed by atoms with Crippen LogP contribution in [0.2, 0.25) is 0 Å². The first-order valence-corrected chi connectivity index (χ1v) is 19.2. The molecule has 0 saturated heterocycles. The summed E-state index contributed by atoms with van der Waals surface area (Å²) in [7, 11) is 1.37. The average molecular weight is 841 g/mol. The van der Waals surface area contributed by atoms with Crippen molar-refractivity contribution in [2.24, 2.45) is 11.3 Å². The third-order valence-electron chi connectivity index (χ3n) is 9.27. The molecule has 0 fully saturated rings. The number of Topliss-reactive ketones (excluding diaryl/α,β-unsaturated/α-hetero) is 1. The lowest BCUT2D eigenvalue weighted by Gasteiger charge is -2.33. The summed E-state index contributed by atoms with van der Waals surface area (Å²) in [5.41, 5.74) is 0.115. The Bertz CT molecular complexity index is 1850. The molecule has 0 radical (unpaired) electrons. The summed E-state index contributed by atoms with van der Waals surface area (Å²) in [5.74, 6) is -10.0. The van der Waals surface area contributed by atoms with Crippen molar-refractivity contribution in [2.75, 3.05) is 7.05 Å². The first kappa shape index (κ1) is 49.8. The second-order valence-electron chi connectivity index (χ2n) is 15.6. The van der Waals surface area contributed by atoms with Crippen molar-refractivity contribution in [1.82, 2.24) is 31.9 Å². The van der Waals surface area contributed by atoms with Crippen molar-refractivity contribution in [2.45, 2.75) is 109 Å². The van der Waals surface area contributed by atoms with Crippen LogP contribution in [0.4, 0.5) is 0 Å². The number of nitrogens with one attached hydrogen (secondary N) is 6. The Morgan fingerprint density at radius 2 is 0.950 bits per heavy atom. The molecule has 0 spiro atoms. The lowest BCUT2D eigenvalue weighted by atomic mass is 9.81. The third kappa shape index (κ3) is 16.8. The molecule has 5 amide bonds. The maximum Gasteiger partial charge on any atom is 0.305 e. The van der Waals surface area contributed by atoms with Crippen LogP contribution in [0.25, 0.3) is 0 Å². The molecule has 2 aromatic carbocycles. The fourth-order valence-corrected chi connectivity index (χ4v) is 5.96. The number of phenolic OH excluding ortho intramolecular Hbond substituents is 1. The molecule has 0 aliphatic carbocycles. The summed E-state index contributed by atoms with van der Waals surface area (Å²) in [6.07, 6.45) is -2.92. The van der Waals surface area contributed by atoms with Crippen molar-refractivity contribution < 1.29 is 63.6 Å². The maximum absolute atomic E-state index is 14.2. The van der Waals surface area contributed by atoms with Crippen LogP contribution in [0.5, 0.6) is 5.75 Å². The van der Waals surface area contributed by atoms with Gasteiger partial charge in [0.15, 0.2) is 5.78 Å². The van der Waals surface area contributed by atoms with Crippen LogP contribution < -0.4 is 31.9 Å².